The van der Waals surface area contributed by atoms with E-state index >= 15 is 0 Å². The predicted molar refractivity (Wildman–Crippen MR) is 93.7 cm³/mol. The Hall–Kier alpha value is -3.02. The van der Waals surface area contributed by atoms with Gasteiger partial charge < -0.3 is 5.32 Å². The molecule has 0 aliphatic carbocycles. The lowest BCUT2D eigenvalue weighted by molar-refractivity contribution is 0.869. The molecular formula is C18H18N6. The van der Waals surface area contributed by atoms with Gasteiger partial charge in [-0.25, -0.2) is 4.98 Å². The molecule has 0 atom stereocenters. The van der Waals surface area contributed by atoms with Crippen LogP contribution in [0.3, 0.4) is 0 Å². The Bertz CT molecular complexity index is 882. The zero-order valence-corrected chi connectivity index (χ0v) is 13.5. The summed E-state index contributed by atoms with van der Waals surface area (Å²) < 4.78 is 1.96. The Labute approximate surface area is 140 Å². The van der Waals surface area contributed by atoms with Gasteiger partial charge in [0.25, 0.3) is 0 Å². The summed E-state index contributed by atoms with van der Waals surface area (Å²) in [5, 5.41) is 11.5. The number of benzene rings is 1. The second-order valence-electron chi connectivity index (χ2n) is 5.64. The summed E-state index contributed by atoms with van der Waals surface area (Å²) in [4.78, 5) is 9.60. The number of fused-ring (bicyclic) bond motifs is 3. The van der Waals surface area contributed by atoms with Gasteiger partial charge in [-0.2, -0.15) is 0 Å². The molecule has 0 saturated carbocycles. The molecule has 0 spiro atoms. The van der Waals surface area contributed by atoms with Crippen LogP contribution in [0.1, 0.15) is 30.4 Å². The van der Waals surface area contributed by atoms with Gasteiger partial charge in [0.05, 0.1) is 11.4 Å². The number of nitrogens with zero attached hydrogens (tertiary/aromatic N) is 5. The number of rotatable bonds is 4. The molecule has 0 bridgehead atoms. The highest BCUT2D eigenvalue weighted by molar-refractivity contribution is 6.14. The first-order valence-electron chi connectivity index (χ1n) is 8.11. The van der Waals surface area contributed by atoms with Crippen LogP contribution in [0.5, 0.6) is 0 Å². The first-order valence-corrected chi connectivity index (χ1v) is 8.11. The molecule has 0 fully saturated rings. The number of hydrogen-bond donors (Lipinski definition) is 1. The van der Waals surface area contributed by atoms with Crippen LogP contribution in [0.25, 0.3) is 5.69 Å². The highest BCUT2D eigenvalue weighted by Gasteiger charge is 2.21. The number of hydrogen-bond acceptors (Lipinski definition) is 5. The quantitative estimate of drug-likeness (QED) is 0.803. The molecule has 1 aromatic carbocycles. The maximum absolute atomic E-state index is 4.83. The van der Waals surface area contributed by atoms with E-state index in [1.54, 1.807) is 6.33 Å². The summed E-state index contributed by atoms with van der Waals surface area (Å²) in [6.07, 6.45) is 2.77. The van der Waals surface area contributed by atoms with Gasteiger partial charge in [0.1, 0.15) is 24.4 Å². The van der Waals surface area contributed by atoms with Crippen LogP contribution in [0.15, 0.2) is 53.8 Å². The molecular weight excluding hydrogens is 300 g/mol. The van der Waals surface area contributed by atoms with Gasteiger partial charge in [0.2, 0.25) is 0 Å². The standard InChI is InChI=1S/C18H18N6/c1-2-10-19-15-9-8-14-18(22-15)17(13-6-4-3-5-7-13)20-11-16-23-21-12-24(14)16/h3-9,12H,2,10-11H2,1H3,(H,19,22). The van der Waals surface area contributed by atoms with Crippen LogP contribution >= 0.6 is 0 Å². The summed E-state index contributed by atoms with van der Waals surface area (Å²) in [5.74, 6) is 1.68. The molecule has 1 N–H and O–H groups in total. The maximum Gasteiger partial charge on any atom is 0.159 e. The van der Waals surface area contributed by atoms with Crippen LogP contribution in [0.4, 0.5) is 5.82 Å². The van der Waals surface area contributed by atoms with Crippen molar-refractivity contribution in [2.45, 2.75) is 19.9 Å². The molecule has 6 nitrogen and oxygen atoms in total. The minimum Gasteiger partial charge on any atom is -0.370 e. The lowest BCUT2D eigenvalue weighted by atomic mass is 10.1. The van der Waals surface area contributed by atoms with E-state index in [0.717, 1.165) is 47.3 Å². The first-order chi connectivity index (χ1) is 11.9. The topological polar surface area (TPSA) is 68.0 Å². The van der Waals surface area contributed by atoms with E-state index in [2.05, 4.69) is 40.6 Å². The van der Waals surface area contributed by atoms with E-state index in [0.29, 0.717) is 6.54 Å². The fourth-order valence-electron chi connectivity index (χ4n) is 2.79. The fraction of sp³-hybridized carbons (Fsp3) is 0.222. The van der Waals surface area contributed by atoms with E-state index < -0.39 is 0 Å². The minimum absolute atomic E-state index is 0.484. The summed E-state index contributed by atoms with van der Waals surface area (Å²) in [7, 11) is 0. The molecule has 0 radical (unpaired) electrons. The maximum atomic E-state index is 4.83. The Kier molecular flexibility index (Phi) is 3.78. The number of pyridine rings is 1. The fourth-order valence-corrected chi connectivity index (χ4v) is 2.79. The van der Waals surface area contributed by atoms with Gasteiger partial charge in [-0.1, -0.05) is 37.3 Å². The van der Waals surface area contributed by atoms with Crippen LogP contribution in [0, 0.1) is 0 Å². The Morgan fingerprint density at radius 2 is 2.00 bits per heavy atom. The smallest absolute Gasteiger partial charge is 0.159 e. The van der Waals surface area contributed by atoms with Crippen LogP contribution in [0.2, 0.25) is 0 Å². The van der Waals surface area contributed by atoms with E-state index in [9.17, 15) is 0 Å². The molecule has 3 aromatic rings. The third-order valence-corrected chi connectivity index (χ3v) is 3.96. The van der Waals surface area contributed by atoms with Gasteiger partial charge in [-0.3, -0.25) is 9.56 Å². The van der Waals surface area contributed by atoms with Crippen molar-refractivity contribution in [1.29, 1.82) is 0 Å². The molecule has 2 aromatic heterocycles. The minimum atomic E-state index is 0.484. The van der Waals surface area contributed by atoms with E-state index in [1.807, 2.05) is 28.8 Å². The zero-order chi connectivity index (χ0) is 16.4. The predicted octanol–water partition coefficient (Wildman–Crippen LogP) is 2.84. The Morgan fingerprint density at radius 3 is 2.83 bits per heavy atom. The lowest BCUT2D eigenvalue weighted by Crippen LogP contribution is -2.12. The third kappa shape index (κ3) is 2.56. The van der Waals surface area contributed by atoms with E-state index in [1.165, 1.54) is 0 Å². The van der Waals surface area contributed by atoms with Gasteiger partial charge in [-0.15, -0.1) is 10.2 Å². The van der Waals surface area contributed by atoms with Gasteiger partial charge in [0, 0.05) is 12.1 Å². The molecule has 3 heterocycles. The normalized spacial score (nSPS) is 12.8. The first kappa shape index (κ1) is 14.6. The van der Waals surface area contributed by atoms with Crippen molar-refractivity contribution in [3.63, 3.8) is 0 Å². The van der Waals surface area contributed by atoms with Crippen molar-refractivity contribution in [2.75, 3.05) is 11.9 Å². The molecule has 6 heteroatoms. The summed E-state index contributed by atoms with van der Waals surface area (Å²) >= 11 is 0. The average molecular weight is 318 g/mol. The van der Waals surface area contributed by atoms with Crippen molar-refractivity contribution in [3.05, 3.63) is 65.9 Å². The second kappa shape index (κ2) is 6.23. The Balaban J connectivity index is 1.88. The molecule has 0 saturated heterocycles. The third-order valence-electron chi connectivity index (χ3n) is 3.96. The SMILES string of the molecule is CCCNc1ccc2c(n1)C(c1ccccc1)=NCc1nncn1-2. The second-order valence-corrected chi connectivity index (χ2v) is 5.64. The van der Waals surface area contributed by atoms with Gasteiger partial charge >= 0.3 is 0 Å². The van der Waals surface area contributed by atoms with Gasteiger partial charge in [-0.05, 0) is 18.6 Å². The molecule has 4 rings (SSSR count). The monoisotopic (exact) mass is 318 g/mol. The van der Waals surface area contributed by atoms with Crippen molar-refractivity contribution in [3.8, 4) is 5.69 Å². The van der Waals surface area contributed by atoms with Crippen LogP contribution in [-0.2, 0) is 6.54 Å². The molecule has 1 aliphatic rings. The van der Waals surface area contributed by atoms with Crippen molar-refractivity contribution >= 4 is 11.5 Å². The van der Waals surface area contributed by atoms with Crippen molar-refractivity contribution < 1.29 is 0 Å². The molecule has 120 valence electrons. The van der Waals surface area contributed by atoms with Crippen molar-refractivity contribution in [1.82, 2.24) is 19.7 Å². The van der Waals surface area contributed by atoms with Gasteiger partial charge in [0.15, 0.2) is 5.82 Å². The number of aromatic nitrogens is 4. The zero-order valence-electron chi connectivity index (χ0n) is 13.5. The number of nitrogens with one attached hydrogen (secondary N) is 1. The average Bonchev–Trinajstić information content (AvgIpc) is 3.04. The highest BCUT2D eigenvalue weighted by Crippen LogP contribution is 2.24. The molecule has 1 aliphatic heterocycles. The molecule has 0 unspecified atom stereocenters. The Morgan fingerprint density at radius 1 is 1.12 bits per heavy atom. The molecule has 0 amide bonds. The largest absolute Gasteiger partial charge is 0.370 e. The van der Waals surface area contributed by atoms with Crippen LogP contribution in [-0.4, -0.2) is 32.0 Å². The van der Waals surface area contributed by atoms with E-state index in [-0.39, 0.29) is 0 Å². The summed E-state index contributed by atoms with van der Waals surface area (Å²) in [6.45, 7) is 3.51. The number of anilines is 1. The molecule has 24 heavy (non-hydrogen) atoms. The summed E-state index contributed by atoms with van der Waals surface area (Å²) in [6, 6.07) is 14.2. The van der Waals surface area contributed by atoms with Crippen molar-refractivity contribution in [2.24, 2.45) is 4.99 Å². The summed E-state index contributed by atoms with van der Waals surface area (Å²) in [5.41, 5.74) is 3.74. The van der Waals surface area contributed by atoms with Crippen LogP contribution < -0.4 is 5.32 Å². The van der Waals surface area contributed by atoms with E-state index in [4.69, 9.17) is 9.98 Å². The lowest BCUT2D eigenvalue weighted by Gasteiger charge is -2.13. The number of aliphatic imine (C=N–C) groups is 1. The highest BCUT2D eigenvalue weighted by atomic mass is 15.3.